The second kappa shape index (κ2) is 15.7. The molecule has 2 fully saturated rings. The Kier molecular flexibility index (Phi) is 10.6. The summed E-state index contributed by atoms with van der Waals surface area (Å²) in [6.45, 7) is 4.06. The molecule has 0 spiro atoms. The third-order valence-electron chi connectivity index (χ3n) is 9.11. The van der Waals surface area contributed by atoms with Crippen LogP contribution in [0.5, 0.6) is 0 Å². The second-order valence-corrected chi connectivity index (χ2v) is 17.7. The number of aryl methyl sites for hydroxylation is 4. The molecule has 2 aromatic heterocycles. The van der Waals surface area contributed by atoms with Gasteiger partial charge in [-0.05, 0) is 72.2 Å². The quantitative estimate of drug-likeness (QED) is 0.106. The molecule has 4 aromatic carbocycles. The maximum Gasteiger partial charge on any atom is 0.272 e. The van der Waals surface area contributed by atoms with Crippen molar-refractivity contribution < 1.29 is 9.59 Å². The van der Waals surface area contributed by atoms with Crippen LogP contribution in [0.3, 0.4) is 0 Å². The van der Waals surface area contributed by atoms with Crippen LogP contribution in [0.4, 0.5) is 10.3 Å². The Morgan fingerprint density at radius 1 is 0.574 bits per heavy atom. The van der Waals surface area contributed by atoms with Gasteiger partial charge >= 0.3 is 0 Å². The van der Waals surface area contributed by atoms with E-state index in [0.29, 0.717) is 28.7 Å². The largest absolute Gasteiger partial charge is 0.272 e. The van der Waals surface area contributed by atoms with Gasteiger partial charge in [-0.25, -0.2) is 19.8 Å². The number of thiazole rings is 2. The Morgan fingerprint density at radius 3 is 1.35 bits per heavy atom. The average Bonchev–Trinajstić information content (AvgIpc) is 3.97. The van der Waals surface area contributed by atoms with E-state index in [4.69, 9.17) is 34.4 Å². The number of thioether (sulfide) groups is 2. The van der Waals surface area contributed by atoms with E-state index < -0.39 is 0 Å². The van der Waals surface area contributed by atoms with Crippen molar-refractivity contribution in [1.29, 1.82) is 0 Å². The van der Waals surface area contributed by atoms with Crippen molar-refractivity contribution in [1.82, 2.24) is 9.97 Å². The molecule has 0 atom stereocenters. The topological polar surface area (TPSA) is 66.4 Å². The van der Waals surface area contributed by atoms with Crippen LogP contribution in [-0.2, 0) is 22.4 Å². The number of aromatic nitrogens is 2. The number of hydrogen-bond acceptors (Lipinski definition) is 10. The monoisotopic (exact) mass is 814 g/mol. The minimum Gasteiger partial charge on any atom is -0.268 e. The lowest BCUT2D eigenvalue weighted by atomic mass is 10.0. The molecule has 2 amide bonds. The first-order chi connectivity index (χ1) is 26.2. The molecule has 0 saturated carbocycles. The third kappa shape index (κ3) is 7.55. The summed E-state index contributed by atoms with van der Waals surface area (Å²) in [7, 11) is 0. The summed E-state index contributed by atoms with van der Waals surface area (Å²) in [5.74, 6) is -0.283. The van der Waals surface area contributed by atoms with Gasteiger partial charge in [-0.2, -0.15) is 0 Å². The van der Waals surface area contributed by atoms with Crippen LogP contribution in [0, 0.1) is 13.8 Å². The lowest BCUT2D eigenvalue weighted by molar-refractivity contribution is -0.114. The standard InChI is InChI=1S/C42H30N4O2S6/c1-25-7-3-5-9-31(25)21-35-37(47)45(41(49)53-35)39-43-33(23-51-39)29-17-13-27(14-18-29)11-12-28-15-19-30(20-16-28)34-24-52-40(44-34)46-38(48)36(54-42(46)50)22-32-10-6-4-8-26(32)2/h3-10,13-24H,11-12H2,1-2H3/b35-21+,36-22+. The zero-order valence-electron chi connectivity index (χ0n) is 29.0. The molecule has 8 rings (SSSR count). The number of amides is 2. The van der Waals surface area contributed by atoms with Gasteiger partial charge in [-0.1, -0.05) is 145 Å². The SMILES string of the molecule is Cc1ccccc1/C=C1/SC(=S)N(c2nc(-c3ccc(CCc4ccc(-c5csc(N6C(=O)/C(=C\c7ccccc7C)SC6=S)n5)cc4)cc3)cs2)C1=O. The van der Waals surface area contributed by atoms with Gasteiger partial charge in [0.05, 0.1) is 21.2 Å². The molecular weight excluding hydrogens is 785 g/mol. The fourth-order valence-corrected chi connectivity index (χ4v) is 10.4. The van der Waals surface area contributed by atoms with Gasteiger partial charge in [0.1, 0.15) is 0 Å². The van der Waals surface area contributed by atoms with Gasteiger partial charge in [0, 0.05) is 21.9 Å². The number of carbonyl (C=O) groups excluding carboxylic acids is 2. The fourth-order valence-electron chi connectivity index (χ4n) is 6.02. The Bertz CT molecular complexity index is 2340. The summed E-state index contributed by atoms with van der Waals surface area (Å²) in [5.41, 5.74) is 10.3. The lowest BCUT2D eigenvalue weighted by Crippen LogP contribution is -2.27. The minimum atomic E-state index is -0.141. The highest BCUT2D eigenvalue weighted by atomic mass is 32.2. The Balaban J connectivity index is 0.878. The maximum absolute atomic E-state index is 13.3. The molecule has 0 N–H and O–H groups in total. The van der Waals surface area contributed by atoms with E-state index in [2.05, 4.69) is 48.5 Å². The maximum atomic E-state index is 13.3. The number of benzene rings is 4. The molecule has 0 radical (unpaired) electrons. The van der Waals surface area contributed by atoms with Gasteiger partial charge in [0.25, 0.3) is 11.8 Å². The van der Waals surface area contributed by atoms with Gasteiger partial charge in [0.2, 0.25) is 0 Å². The number of carbonyl (C=O) groups is 2. The van der Waals surface area contributed by atoms with Crippen molar-refractivity contribution in [2.45, 2.75) is 26.7 Å². The molecule has 4 heterocycles. The van der Waals surface area contributed by atoms with Crippen LogP contribution in [0.15, 0.2) is 118 Å². The summed E-state index contributed by atoms with van der Waals surface area (Å²) in [6, 6.07) is 32.8. The highest BCUT2D eigenvalue weighted by Crippen LogP contribution is 2.40. The molecule has 2 aliphatic rings. The van der Waals surface area contributed by atoms with Crippen LogP contribution < -0.4 is 9.80 Å². The molecular formula is C42H30N4O2S6. The Labute approximate surface area is 340 Å². The second-order valence-electron chi connectivity index (χ2n) is 12.7. The molecule has 0 bridgehead atoms. The summed E-state index contributed by atoms with van der Waals surface area (Å²) in [5, 5.41) is 5.10. The number of thiocarbonyl (C=S) groups is 2. The minimum absolute atomic E-state index is 0.141. The number of nitrogens with zero attached hydrogens (tertiary/aromatic N) is 4. The highest BCUT2D eigenvalue weighted by Gasteiger charge is 2.36. The summed E-state index contributed by atoms with van der Waals surface area (Å²) in [4.78, 5) is 40.5. The average molecular weight is 815 g/mol. The van der Waals surface area contributed by atoms with E-state index in [-0.39, 0.29) is 11.8 Å². The summed E-state index contributed by atoms with van der Waals surface area (Å²) >= 11 is 16.6. The Morgan fingerprint density at radius 2 is 0.963 bits per heavy atom. The number of hydrogen-bond donors (Lipinski definition) is 0. The first-order valence-electron chi connectivity index (χ1n) is 17.0. The molecule has 54 heavy (non-hydrogen) atoms. The van der Waals surface area contributed by atoms with Crippen molar-refractivity contribution in [2.75, 3.05) is 9.80 Å². The van der Waals surface area contributed by atoms with E-state index in [1.54, 1.807) is 0 Å². The van der Waals surface area contributed by atoms with Gasteiger partial charge < -0.3 is 0 Å². The lowest BCUT2D eigenvalue weighted by Gasteiger charge is -2.10. The van der Waals surface area contributed by atoms with E-state index in [9.17, 15) is 9.59 Å². The van der Waals surface area contributed by atoms with Crippen molar-refractivity contribution in [3.63, 3.8) is 0 Å². The zero-order chi connectivity index (χ0) is 37.3. The van der Waals surface area contributed by atoms with Crippen LogP contribution in [0.2, 0.25) is 0 Å². The van der Waals surface area contributed by atoms with Crippen LogP contribution in [0.1, 0.15) is 33.4 Å². The van der Waals surface area contributed by atoms with Gasteiger partial charge in [0.15, 0.2) is 18.9 Å². The predicted molar refractivity (Wildman–Crippen MR) is 236 cm³/mol. The molecule has 0 aliphatic carbocycles. The Hall–Kier alpha value is -4.56. The van der Waals surface area contributed by atoms with Crippen molar-refractivity contribution >= 4 is 114 Å². The van der Waals surface area contributed by atoms with E-state index in [1.165, 1.54) is 67.1 Å². The van der Waals surface area contributed by atoms with Crippen LogP contribution in [0.25, 0.3) is 34.7 Å². The van der Waals surface area contributed by atoms with Crippen LogP contribution in [-0.4, -0.2) is 30.4 Å². The van der Waals surface area contributed by atoms with Gasteiger partial charge in [-0.3, -0.25) is 9.59 Å². The van der Waals surface area contributed by atoms with Crippen molar-refractivity contribution in [3.05, 3.63) is 151 Å². The molecule has 266 valence electrons. The predicted octanol–water partition coefficient (Wildman–Crippen LogP) is 11.1. The molecule has 6 nitrogen and oxygen atoms in total. The molecule has 6 aromatic rings. The molecule has 2 saturated heterocycles. The van der Waals surface area contributed by atoms with Crippen molar-refractivity contribution in [3.8, 4) is 22.5 Å². The molecule has 2 aliphatic heterocycles. The normalized spacial score (nSPS) is 16.1. The van der Waals surface area contributed by atoms with Gasteiger partial charge in [-0.15, -0.1) is 22.7 Å². The third-order valence-corrected chi connectivity index (χ3v) is 13.4. The smallest absolute Gasteiger partial charge is 0.268 e. The zero-order valence-corrected chi connectivity index (χ0v) is 33.9. The number of anilines is 2. The van der Waals surface area contributed by atoms with E-state index in [0.717, 1.165) is 57.6 Å². The van der Waals surface area contributed by atoms with Crippen LogP contribution >= 0.6 is 70.6 Å². The summed E-state index contributed by atoms with van der Waals surface area (Å²) in [6.07, 6.45) is 5.58. The first-order valence-corrected chi connectivity index (χ1v) is 21.2. The van der Waals surface area contributed by atoms with Crippen molar-refractivity contribution in [2.24, 2.45) is 0 Å². The van der Waals surface area contributed by atoms with E-state index >= 15 is 0 Å². The van der Waals surface area contributed by atoms with E-state index in [1.807, 2.05) is 85.3 Å². The number of rotatable bonds is 9. The molecule has 0 unspecified atom stereocenters. The first kappa shape index (κ1) is 36.4. The summed E-state index contributed by atoms with van der Waals surface area (Å²) < 4.78 is 0.979. The highest BCUT2D eigenvalue weighted by molar-refractivity contribution is 8.27. The fraction of sp³-hybridized carbons (Fsp3) is 0.0952. The molecule has 12 heteroatoms.